The SMILES string of the molecule is CC(C)(C)c1cc2c(O)c(c1)Cc1cc(C(C)(C)C)cc3c1OCc1c(F)c(F)c(c(F)c1F)COc1c4cc(C(C)(C)C)cc1Cc1cc(C(C)(C)C)cc(c1O)Cc1cc(C(C)(C)C)cc(c1OCc1c(F)c(F)c(c(F)c1F)COc1c(cc(C(C)(C)C)cc1Cc1cc(C(C)(C)C)cc(c1O)C3)C2)Cc1cc(C(C)(C)C)cc(c1O)C4. The first-order valence-corrected chi connectivity index (χ1v) is 41.7. The van der Waals surface area contributed by atoms with Crippen molar-refractivity contribution in [1.29, 1.82) is 0 Å². The van der Waals surface area contributed by atoms with Crippen molar-refractivity contribution in [2.45, 2.75) is 287 Å². The van der Waals surface area contributed by atoms with Crippen molar-refractivity contribution < 1.29 is 74.5 Å². The van der Waals surface area contributed by atoms with Crippen LogP contribution < -0.4 is 18.9 Å². The maximum atomic E-state index is 17.8. The van der Waals surface area contributed by atoms with E-state index in [2.05, 4.69) is 0 Å². The lowest BCUT2D eigenvalue weighted by Gasteiger charge is -2.28. The van der Waals surface area contributed by atoms with Gasteiger partial charge in [0.15, 0.2) is 46.5 Å². The first-order chi connectivity index (χ1) is 55.4. The van der Waals surface area contributed by atoms with Gasteiger partial charge in [0, 0.05) is 51.4 Å². The minimum absolute atomic E-state index is 0.0498. The van der Waals surface area contributed by atoms with Crippen LogP contribution >= 0.6 is 0 Å². The van der Waals surface area contributed by atoms with Gasteiger partial charge in [-0.2, -0.15) is 0 Å². The summed E-state index contributed by atoms with van der Waals surface area (Å²) in [5.41, 5.74) is 2.98. The zero-order valence-electron chi connectivity index (χ0n) is 74.2. The molecular weight excluding hydrogens is 1530 g/mol. The van der Waals surface area contributed by atoms with E-state index in [4.69, 9.17) is 18.9 Å². The van der Waals surface area contributed by atoms with E-state index in [0.29, 0.717) is 89.0 Å². The van der Waals surface area contributed by atoms with Crippen LogP contribution in [0.5, 0.6) is 46.0 Å². The maximum absolute atomic E-state index is 17.8. The van der Waals surface area contributed by atoms with Gasteiger partial charge < -0.3 is 39.4 Å². The maximum Gasteiger partial charge on any atom is 0.169 e. The molecule has 20 rings (SSSR count). The van der Waals surface area contributed by atoms with Gasteiger partial charge in [-0.05, 0) is 177 Å². The number of ether oxygens (including phenoxy) is 4. The molecule has 10 aromatic rings. The summed E-state index contributed by atoms with van der Waals surface area (Å²) in [6.07, 6.45) is -0.971. The zero-order valence-corrected chi connectivity index (χ0v) is 74.2. The number of halogens is 8. The molecule has 10 aliphatic rings. The Labute approximate surface area is 703 Å². The molecule has 8 aliphatic heterocycles. The van der Waals surface area contributed by atoms with Crippen molar-refractivity contribution in [3.05, 3.63) is 299 Å². The topological polar surface area (TPSA) is 118 Å². The predicted molar refractivity (Wildman–Crippen MR) is 460 cm³/mol. The number of rotatable bonds is 0. The molecule has 24 bridgehead atoms. The minimum Gasteiger partial charge on any atom is -0.507 e. The van der Waals surface area contributed by atoms with Crippen LogP contribution in [0.3, 0.4) is 0 Å². The fourth-order valence-electron chi connectivity index (χ4n) is 16.6. The Bertz CT molecular complexity index is 4830. The smallest absolute Gasteiger partial charge is 0.169 e. The lowest BCUT2D eigenvalue weighted by atomic mass is 9.79. The molecular formula is C104H116F8O8. The molecule has 120 heavy (non-hydrogen) atoms. The summed E-state index contributed by atoms with van der Waals surface area (Å²) in [5, 5.41) is 52.6. The first-order valence-electron chi connectivity index (χ1n) is 41.7. The summed E-state index contributed by atoms with van der Waals surface area (Å²) in [6.45, 7) is 43.8. The highest BCUT2D eigenvalue weighted by atomic mass is 19.2. The van der Waals surface area contributed by atoms with Crippen LogP contribution in [0.4, 0.5) is 35.1 Å². The molecule has 0 aromatic heterocycles. The van der Waals surface area contributed by atoms with Crippen molar-refractivity contribution in [1.82, 2.24) is 0 Å². The van der Waals surface area contributed by atoms with Gasteiger partial charge in [-0.1, -0.05) is 263 Å². The summed E-state index contributed by atoms with van der Waals surface area (Å²) < 4.78 is 170. The normalized spacial score (nSPS) is 14.7. The Kier molecular flexibility index (Phi) is 22.8. The standard InChI is InChI=1S/C104H116F8O8/c1-97(2,3)69-33-53-25-61-41-73(101(13,14)15)43-63-27-55-35-70(98(4,5)6)36-56(90(55)114)28-64-44-74(102(16,17)18)42-62(26-54(34-69)89(53)113)94(64)118-50-78-83(107)87(111)80(88(112)84(78)108)52-120-96-66-30-58-38-71(99(7,8)9)37-57(91(58)115)29-65-45-75(103(19,20)21)47-67(95(65)119-51-79-85(109)81(105)77(49-117-93(61)63)82(106)86(79)110)31-59-39-72(100(10,11)12)40-60(92(59)116)32-68(96)48-76(46-66)104(22,23)24/h33-48,113-116H,25-32,49-52H2,1-24H3. The highest BCUT2D eigenvalue weighted by Crippen LogP contribution is 2.49. The van der Waals surface area contributed by atoms with Crippen molar-refractivity contribution in [3.63, 3.8) is 0 Å². The molecule has 8 nitrogen and oxygen atoms in total. The molecule has 0 atom stereocenters. The number of hydrogen-bond donors (Lipinski definition) is 4. The molecule has 0 amide bonds. The number of benzene rings is 10. The quantitative estimate of drug-likeness (QED) is 0.0876. The summed E-state index contributed by atoms with van der Waals surface area (Å²) in [5.74, 6) is -14.5. The van der Waals surface area contributed by atoms with Gasteiger partial charge in [0.2, 0.25) is 0 Å². The van der Waals surface area contributed by atoms with Gasteiger partial charge >= 0.3 is 0 Å². The molecule has 8 heterocycles. The molecule has 0 radical (unpaired) electrons. The van der Waals surface area contributed by atoms with Crippen LogP contribution in [0.1, 0.15) is 322 Å². The Morgan fingerprint density at radius 1 is 0.183 bits per heavy atom. The molecule has 4 N–H and O–H groups in total. The summed E-state index contributed by atoms with van der Waals surface area (Å²) in [4.78, 5) is 0. The Hall–Kier alpha value is -9.96. The van der Waals surface area contributed by atoms with E-state index in [1.54, 1.807) is 0 Å². The first kappa shape index (κ1) is 87.8. The Morgan fingerprint density at radius 2 is 0.283 bits per heavy atom. The largest absolute Gasteiger partial charge is 0.507 e. The van der Waals surface area contributed by atoms with E-state index >= 15 is 35.1 Å². The predicted octanol–water partition coefficient (Wildman–Crippen LogP) is 26.0. The zero-order chi connectivity index (χ0) is 88.0. The molecule has 0 saturated carbocycles. The molecule has 10 aromatic carbocycles. The summed E-state index contributed by atoms with van der Waals surface area (Å²) >= 11 is 0. The number of phenols is 4. The van der Waals surface area contributed by atoms with Gasteiger partial charge in [-0.15, -0.1) is 0 Å². The number of aromatic hydroxyl groups is 4. The van der Waals surface area contributed by atoms with E-state index in [1.807, 2.05) is 263 Å². The van der Waals surface area contributed by atoms with Crippen LogP contribution in [-0.2, 0) is 121 Å². The fraction of sp³-hybridized carbons (Fsp3) is 0.423. The molecule has 2 aliphatic carbocycles. The van der Waals surface area contributed by atoms with Crippen molar-refractivity contribution in [3.8, 4) is 46.0 Å². The van der Waals surface area contributed by atoms with E-state index < -0.39 is 139 Å². The van der Waals surface area contributed by atoms with Gasteiger partial charge in [0.1, 0.15) is 72.4 Å². The lowest BCUT2D eigenvalue weighted by Crippen LogP contribution is -2.18. The minimum atomic E-state index is -1.74. The van der Waals surface area contributed by atoms with Crippen LogP contribution in [0.2, 0.25) is 0 Å². The van der Waals surface area contributed by atoms with Gasteiger partial charge in [-0.25, -0.2) is 35.1 Å². The van der Waals surface area contributed by atoms with Crippen molar-refractivity contribution >= 4 is 0 Å². The average molecular weight is 1650 g/mol. The lowest BCUT2D eigenvalue weighted by molar-refractivity contribution is 0.265. The van der Waals surface area contributed by atoms with Gasteiger partial charge in [-0.3, -0.25) is 0 Å². The summed E-state index contributed by atoms with van der Waals surface area (Å²) in [6, 6.07) is 29.8. The third-order valence-electron chi connectivity index (χ3n) is 24.4. The number of fused-ring (bicyclic) bond motifs is 2. The van der Waals surface area contributed by atoms with E-state index in [0.717, 1.165) is 44.5 Å². The van der Waals surface area contributed by atoms with E-state index in [-0.39, 0.29) is 97.4 Å². The van der Waals surface area contributed by atoms with Gasteiger partial charge in [0.25, 0.3) is 0 Å². The second-order valence-electron chi connectivity index (χ2n) is 42.1. The van der Waals surface area contributed by atoms with Crippen LogP contribution in [0.25, 0.3) is 0 Å². The Morgan fingerprint density at radius 3 is 0.383 bits per heavy atom. The molecule has 0 fully saturated rings. The molecule has 636 valence electrons. The molecule has 0 spiro atoms. The second-order valence-corrected chi connectivity index (χ2v) is 42.1. The monoisotopic (exact) mass is 1640 g/mol. The van der Waals surface area contributed by atoms with Gasteiger partial charge in [0.05, 0.1) is 22.3 Å². The number of phenolic OH excluding ortho intramolecular Hbond substituents is 4. The molecule has 0 saturated heterocycles. The fourth-order valence-corrected chi connectivity index (χ4v) is 16.6. The van der Waals surface area contributed by atoms with Crippen molar-refractivity contribution in [2.75, 3.05) is 0 Å². The van der Waals surface area contributed by atoms with E-state index in [1.165, 1.54) is 0 Å². The highest BCUT2D eigenvalue weighted by molar-refractivity contribution is 5.63. The average Bonchev–Trinajstić information content (AvgIpc) is 0.759. The Balaban J connectivity index is 1.13. The van der Waals surface area contributed by atoms with Crippen LogP contribution in [0.15, 0.2) is 97.1 Å². The number of hydrogen-bond acceptors (Lipinski definition) is 8. The van der Waals surface area contributed by atoms with Crippen LogP contribution in [0, 0.1) is 46.5 Å². The van der Waals surface area contributed by atoms with Crippen LogP contribution in [-0.4, -0.2) is 20.4 Å². The third kappa shape index (κ3) is 17.5. The molecule has 16 heteroatoms. The van der Waals surface area contributed by atoms with E-state index in [9.17, 15) is 20.4 Å². The van der Waals surface area contributed by atoms with Crippen molar-refractivity contribution in [2.24, 2.45) is 0 Å². The third-order valence-corrected chi connectivity index (χ3v) is 24.4. The summed E-state index contributed by atoms with van der Waals surface area (Å²) in [7, 11) is 0. The highest BCUT2D eigenvalue weighted by Gasteiger charge is 2.37. The second kappa shape index (κ2) is 31.2. The molecule has 0 unspecified atom stereocenters.